The van der Waals surface area contributed by atoms with Crippen LogP contribution in [0.3, 0.4) is 0 Å². The average molecular weight is 473 g/mol. The van der Waals surface area contributed by atoms with Gasteiger partial charge in [-0.15, -0.1) is 0 Å². The number of fused-ring (bicyclic) bond motifs is 3. The number of hydrogen-bond donors (Lipinski definition) is 1. The summed E-state index contributed by atoms with van der Waals surface area (Å²) in [6, 6.07) is 10.6. The summed E-state index contributed by atoms with van der Waals surface area (Å²) in [6.07, 6.45) is -1.34. The zero-order chi connectivity index (χ0) is 23.5. The molecule has 10 heteroatoms. The van der Waals surface area contributed by atoms with Crippen molar-refractivity contribution in [3.63, 3.8) is 0 Å². The minimum atomic E-state index is -4.39. The summed E-state index contributed by atoms with van der Waals surface area (Å²) in [6.45, 7) is 0.620. The van der Waals surface area contributed by atoms with Crippen molar-refractivity contribution < 1.29 is 32.3 Å². The molecule has 34 heavy (non-hydrogen) atoms. The number of nitrogens with zero attached hydrogens (tertiary/aromatic N) is 3. The Kier molecular flexibility index (Phi) is 4.86. The predicted molar refractivity (Wildman–Crippen MR) is 113 cm³/mol. The van der Waals surface area contributed by atoms with Crippen molar-refractivity contribution in [3.8, 4) is 22.9 Å². The summed E-state index contributed by atoms with van der Waals surface area (Å²) < 4.78 is 54.7. The molecule has 3 aliphatic rings. The first-order valence-electron chi connectivity index (χ1n) is 11.2. The molecule has 6 rings (SSSR count). The van der Waals surface area contributed by atoms with E-state index < -0.39 is 17.3 Å². The van der Waals surface area contributed by atoms with E-state index in [4.69, 9.17) is 14.0 Å². The summed E-state index contributed by atoms with van der Waals surface area (Å²) in [5.74, 6) is 2.00. The Morgan fingerprint density at radius 1 is 1.00 bits per heavy atom. The van der Waals surface area contributed by atoms with Gasteiger partial charge in [0, 0.05) is 17.6 Å². The van der Waals surface area contributed by atoms with Crippen LogP contribution in [0.15, 0.2) is 47.0 Å². The molecule has 2 saturated heterocycles. The lowest BCUT2D eigenvalue weighted by Gasteiger charge is -2.43. The molecule has 0 saturated carbocycles. The maximum Gasteiger partial charge on any atom is 0.416 e. The van der Waals surface area contributed by atoms with Crippen LogP contribution in [0.2, 0.25) is 0 Å². The number of aliphatic hydroxyl groups is 1. The Morgan fingerprint density at radius 3 is 2.41 bits per heavy atom. The van der Waals surface area contributed by atoms with Crippen LogP contribution in [0, 0.1) is 0 Å². The van der Waals surface area contributed by atoms with Crippen LogP contribution >= 0.6 is 0 Å². The smallest absolute Gasteiger partial charge is 0.416 e. The molecule has 2 fully saturated rings. The first-order valence-corrected chi connectivity index (χ1v) is 11.2. The highest BCUT2D eigenvalue weighted by Crippen LogP contribution is 2.48. The molecule has 2 atom stereocenters. The van der Waals surface area contributed by atoms with Crippen molar-refractivity contribution in [2.75, 3.05) is 6.79 Å². The van der Waals surface area contributed by atoms with Crippen molar-refractivity contribution in [1.29, 1.82) is 0 Å². The molecule has 0 unspecified atom stereocenters. The van der Waals surface area contributed by atoms with E-state index in [0.717, 1.165) is 30.5 Å². The summed E-state index contributed by atoms with van der Waals surface area (Å²) >= 11 is 0. The minimum absolute atomic E-state index is 0.149. The zero-order valence-corrected chi connectivity index (χ0v) is 18.1. The lowest BCUT2D eigenvalue weighted by molar-refractivity contribution is -0.137. The molecular weight excluding hydrogens is 451 g/mol. The Labute approximate surface area is 193 Å². The summed E-state index contributed by atoms with van der Waals surface area (Å²) in [5, 5.41) is 15.5. The molecule has 3 aliphatic heterocycles. The average Bonchev–Trinajstić information content (AvgIpc) is 3.52. The molecule has 178 valence electrons. The highest BCUT2D eigenvalue weighted by molar-refractivity contribution is 5.54. The molecule has 1 N–H and O–H groups in total. The molecule has 0 aliphatic carbocycles. The molecule has 3 aromatic rings. The third kappa shape index (κ3) is 3.70. The highest BCUT2D eigenvalue weighted by Gasteiger charge is 2.49. The third-order valence-corrected chi connectivity index (χ3v) is 7.08. The number of piperidine rings is 1. The van der Waals surface area contributed by atoms with E-state index in [2.05, 4.69) is 15.0 Å². The van der Waals surface area contributed by atoms with Crippen molar-refractivity contribution in [2.24, 2.45) is 0 Å². The van der Waals surface area contributed by atoms with Gasteiger partial charge >= 0.3 is 6.18 Å². The third-order valence-electron chi connectivity index (χ3n) is 7.08. The standard InChI is InChI=1S/C24H22F3N3O4/c25-24(26,27)15-3-1-14(2-4-15)22-28-21(34-29-22)12-30-17-6-7-18(30)11-23(31,10-17)16-5-8-19-20(9-16)33-13-32-19/h1-5,8-9,17-18,31H,6-7,10-13H2/t17-,18-/m1/s1. The lowest BCUT2D eigenvalue weighted by Crippen LogP contribution is -2.49. The maximum atomic E-state index is 12.8. The predicted octanol–water partition coefficient (Wildman–Crippen LogP) is 4.50. The second-order valence-corrected chi connectivity index (χ2v) is 9.15. The largest absolute Gasteiger partial charge is 0.454 e. The Morgan fingerprint density at radius 2 is 1.71 bits per heavy atom. The van der Waals surface area contributed by atoms with Gasteiger partial charge in [-0.1, -0.05) is 23.4 Å². The van der Waals surface area contributed by atoms with Gasteiger partial charge in [-0.05, 0) is 55.5 Å². The number of aromatic nitrogens is 2. The van der Waals surface area contributed by atoms with E-state index >= 15 is 0 Å². The Hall–Kier alpha value is -3.11. The van der Waals surface area contributed by atoms with Gasteiger partial charge < -0.3 is 19.1 Å². The van der Waals surface area contributed by atoms with Gasteiger partial charge in [0.1, 0.15) is 0 Å². The topological polar surface area (TPSA) is 80.9 Å². The first-order chi connectivity index (χ1) is 16.3. The zero-order valence-electron chi connectivity index (χ0n) is 18.1. The number of halogens is 3. The highest BCUT2D eigenvalue weighted by atomic mass is 19.4. The van der Waals surface area contributed by atoms with Gasteiger partial charge in [0.2, 0.25) is 18.5 Å². The molecule has 0 amide bonds. The van der Waals surface area contributed by atoms with Gasteiger partial charge in [-0.25, -0.2) is 0 Å². The van der Waals surface area contributed by atoms with E-state index in [0.29, 0.717) is 42.3 Å². The molecule has 0 radical (unpaired) electrons. The van der Waals surface area contributed by atoms with E-state index in [-0.39, 0.29) is 24.7 Å². The van der Waals surface area contributed by atoms with Gasteiger partial charge in [0.15, 0.2) is 11.5 Å². The fourth-order valence-electron chi connectivity index (χ4n) is 5.40. The normalized spacial score (nSPS) is 26.2. The van der Waals surface area contributed by atoms with Crippen LogP contribution in [0.5, 0.6) is 11.5 Å². The van der Waals surface area contributed by atoms with Gasteiger partial charge in [0.25, 0.3) is 0 Å². The van der Waals surface area contributed by atoms with Crippen LogP contribution < -0.4 is 9.47 Å². The van der Waals surface area contributed by atoms with Gasteiger partial charge in [-0.3, -0.25) is 4.90 Å². The summed E-state index contributed by atoms with van der Waals surface area (Å²) in [7, 11) is 0. The number of alkyl halides is 3. The fourth-order valence-corrected chi connectivity index (χ4v) is 5.40. The molecule has 4 heterocycles. The molecule has 2 bridgehead atoms. The van der Waals surface area contributed by atoms with E-state index in [1.54, 1.807) is 0 Å². The number of ether oxygens (including phenoxy) is 2. The monoisotopic (exact) mass is 473 g/mol. The van der Waals surface area contributed by atoms with E-state index in [9.17, 15) is 18.3 Å². The Balaban J connectivity index is 1.16. The van der Waals surface area contributed by atoms with Crippen LogP contribution in [-0.4, -0.2) is 39.0 Å². The van der Waals surface area contributed by atoms with Crippen molar-refractivity contribution >= 4 is 0 Å². The lowest BCUT2D eigenvalue weighted by atomic mass is 9.80. The minimum Gasteiger partial charge on any atom is -0.454 e. The van der Waals surface area contributed by atoms with Crippen molar-refractivity contribution in [2.45, 2.75) is 56.1 Å². The van der Waals surface area contributed by atoms with Crippen LogP contribution in [0.4, 0.5) is 13.2 Å². The number of benzene rings is 2. The van der Waals surface area contributed by atoms with Gasteiger partial charge in [0.05, 0.1) is 17.7 Å². The second kappa shape index (κ2) is 7.71. The molecule has 2 aromatic carbocycles. The van der Waals surface area contributed by atoms with Crippen LogP contribution in [-0.2, 0) is 18.3 Å². The Bertz CT molecular complexity index is 1200. The SMILES string of the molecule is OC1(c2ccc3c(c2)OCO3)C[C@H]2CC[C@H](C1)N2Cc1nc(-c2ccc(C(F)(F)F)cc2)no1. The molecule has 0 spiro atoms. The van der Waals surface area contributed by atoms with Crippen molar-refractivity contribution in [1.82, 2.24) is 15.0 Å². The molecule has 1 aromatic heterocycles. The quantitative estimate of drug-likeness (QED) is 0.598. The maximum absolute atomic E-state index is 12.8. The number of rotatable bonds is 4. The summed E-state index contributed by atoms with van der Waals surface area (Å²) in [5.41, 5.74) is -0.388. The molecule has 7 nitrogen and oxygen atoms in total. The first kappa shape index (κ1) is 21.4. The van der Waals surface area contributed by atoms with Gasteiger partial charge in [-0.2, -0.15) is 18.2 Å². The van der Waals surface area contributed by atoms with Crippen molar-refractivity contribution in [3.05, 3.63) is 59.5 Å². The summed E-state index contributed by atoms with van der Waals surface area (Å²) in [4.78, 5) is 6.69. The fraction of sp³-hybridized carbons (Fsp3) is 0.417. The van der Waals surface area contributed by atoms with Crippen LogP contribution in [0.1, 0.15) is 42.7 Å². The van der Waals surface area contributed by atoms with E-state index in [1.165, 1.54) is 12.1 Å². The number of hydrogen-bond acceptors (Lipinski definition) is 7. The van der Waals surface area contributed by atoms with Crippen LogP contribution in [0.25, 0.3) is 11.4 Å². The second-order valence-electron chi connectivity index (χ2n) is 9.15. The molecular formula is C24H22F3N3O4. The van der Waals surface area contributed by atoms with E-state index in [1.807, 2.05) is 18.2 Å².